The third kappa shape index (κ3) is 6.71. The molecule has 4 nitrogen and oxygen atoms in total. The summed E-state index contributed by atoms with van der Waals surface area (Å²) in [5.74, 6) is 7.15. The molecule has 0 heterocycles. The van der Waals surface area contributed by atoms with Crippen LogP contribution >= 0.6 is 0 Å². The molecule has 3 N–H and O–H groups in total. The van der Waals surface area contributed by atoms with Crippen LogP contribution < -0.4 is 11.2 Å². The summed E-state index contributed by atoms with van der Waals surface area (Å²) in [6.45, 7) is 15.0. The minimum atomic E-state index is 0.211. The molecule has 0 saturated carbocycles. The fourth-order valence-electron chi connectivity index (χ4n) is 2.93. The zero-order chi connectivity index (χ0) is 19.1. The number of hydrogen-bond donors (Lipinski definition) is 2. The summed E-state index contributed by atoms with van der Waals surface area (Å²) in [7, 11) is 4.13. The Labute approximate surface area is 155 Å². The Balaban J connectivity index is 2.95. The van der Waals surface area contributed by atoms with Crippen LogP contribution in [0.5, 0.6) is 0 Å². The largest absolute Gasteiger partial charge is 0.379 e. The van der Waals surface area contributed by atoms with Crippen LogP contribution in [-0.4, -0.2) is 43.1 Å². The van der Waals surface area contributed by atoms with Gasteiger partial charge in [-0.3, -0.25) is 0 Å². The topological polar surface area (TPSA) is 44.5 Å². The van der Waals surface area contributed by atoms with Crippen molar-refractivity contribution in [1.82, 2.24) is 9.91 Å². The summed E-state index contributed by atoms with van der Waals surface area (Å²) in [5.41, 5.74) is 5.12. The van der Waals surface area contributed by atoms with Crippen molar-refractivity contribution >= 4 is 5.69 Å². The predicted molar refractivity (Wildman–Crippen MR) is 111 cm³/mol. The number of benzene rings is 1. The molecule has 0 spiro atoms. The summed E-state index contributed by atoms with van der Waals surface area (Å²) >= 11 is 0. The lowest BCUT2D eigenvalue weighted by Gasteiger charge is -2.25. The first-order valence-corrected chi connectivity index (χ1v) is 9.38. The molecule has 1 aromatic rings. The van der Waals surface area contributed by atoms with E-state index in [1.165, 1.54) is 16.8 Å². The number of nitrogens with zero attached hydrogens (tertiary/aromatic N) is 2. The van der Waals surface area contributed by atoms with Gasteiger partial charge in [0.25, 0.3) is 0 Å². The highest BCUT2D eigenvalue weighted by Crippen LogP contribution is 2.32. The molecule has 0 aromatic heterocycles. The fourth-order valence-corrected chi connectivity index (χ4v) is 2.93. The van der Waals surface area contributed by atoms with Gasteiger partial charge in [0.2, 0.25) is 0 Å². The molecule has 1 unspecified atom stereocenters. The third-order valence-electron chi connectivity index (χ3n) is 4.48. The average molecular weight is 347 g/mol. The van der Waals surface area contributed by atoms with Gasteiger partial charge in [0.05, 0.1) is 0 Å². The number of likely N-dealkylation sites (N-methyl/N-ethyl adjacent to an activating group) is 1. The standard InChI is InChI=1S/C21H38N4/c1-15(2)19-10-9-11-20(16(3)4)21(19)23-17(5)14-18(6)25(22)13-12-24(7)8/h9-11,14-17,23H,12-13,22H2,1-8H3/b18-14-. The second-order valence-electron chi connectivity index (χ2n) is 7.86. The van der Waals surface area contributed by atoms with Gasteiger partial charge < -0.3 is 15.2 Å². The van der Waals surface area contributed by atoms with Crippen molar-refractivity contribution in [3.05, 3.63) is 41.1 Å². The van der Waals surface area contributed by atoms with E-state index in [4.69, 9.17) is 5.84 Å². The van der Waals surface area contributed by atoms with Crippen molar-refractivity contribution < 1.29 is 0 Å². The zero-order valence-corrected chi connectivity index (χ0v) is 17.4. The van der Waals surface area contributed by atoms with E-state index in [2.05, 4.69) is 90.1 Å². The maximum absolute atomic E-state index is 6.17. The molecule has 0 bridgehead atoms. The summed E-state index contributed by atoms with van der Waals surface area (Å²) in [5, 5.41) is 5.55. The van der Waals surface area contributed by atoms with Crippen LogP contribution in [0.15, 0.2) is 30.0 Å². The van der Waals surface area contributed by atoms with Crippen LogP contribution in [0, 0.1) is 0 Å². The molecule has 142 valence electrons. The molecule has 0 aliphatic heterocycles. The average Bonchev–Trinajstić information content (AvgIpc) is 2.51. The quantitative estimate of drug-likeness (QED) is 0.515. The molecule has 1 aromatic carbocycles. The Morgan fingerprint density at radius 2 is 1.56 bits per heavy atom. The van der Waals surface area contributed by atoms with Gasteiger partial charge in [0.1, 0.15) is 0 Å². The van der Waals surface area contributed by atoms with Crippen molar-refractivity contribution in [3.63, 3.8) is 0 Å². The van der Waals surface area contributed by atoms with Crippen LogP contribution in [0.4, 0.5) is 5.69 Å². The summed E-state index contributed by atoms with van der Waals surface area (Å²) in [6.07, 6.45) is 2.21. The molecule has 0 saturated heterocycles. The van der Waals surface area contributed by atoms with E-state index >= 15 is 0 Å². The van der Waals surface area contributed by atoms with Crippen molar-refractivity contribution in [1.29, 1.82) is 0 Å². The molecule has 1 atom stereocenters. The van der Waals surface area contributed by atoms with E-state index in [1.807, 2.05) is 5.01 Å². The van der Waals surface area contributed by atoms with Crippen molar-refractivity contribution in [2.75, 3.05) is 32.5 Å². The second kappa shape index (κ2) is 9.83. The number of para-hydroxylation sites is 1. The van der Waals surface area contributed by atoms with Gasteiger partial charge in [-0.05, 0) is 57.0 Å². The zero-order valence-electron chi connectivity index (χ0n) is 17.4. The highest BCUT2D eigenvalue weighted by atomic mass is 15.4. The number of nitrogens with two attached hydrogens (primary N) is 1. The predicted octanol–water partition coefficient (Wildman–Crippen LogP) is 4.37. The molecule has 0 aliphatic carbocycles. The highest BCUT2D eigenvalue weighted by Gasteiger charge is 2.15. The second-order valence-corrected chi connectivity index (χ2v) is 7.86. The van der Waals surface area contributed by atoms with Gasteiger partial charge in [-0.2, -0.15) is 0 Å². The monoisotopic (exact) mass is 346 g/mol. The molecule has 0 aliphatic rings. The van der Waals surface area contributed by atoms with Gasteiger partial charge in [-0.25, -0.2) is 5.84 Å². The lowest BCUT2D eigenvalue weighted by molar-refractivity contribution is 0.295. The van der Waals surface area contributed by atoms with Crippen LogP contribution in [0.3, 0.4) is 0 Å². The van der Waals surface area contributed by atoms with Gasteiger partial charge in [0, 0.05) is 30.5 Å². The molecule has 0 radical (unpaired) electrons. The Morgan fingerprint density at radius 3 is 2.00 bits per heavy atom. The summed E-state index contributed by atoms with van der Waals surface area (Å²) < 4.78 is 0. The van der Waals surface area contributed by atoms with Gasteiger partial charge >= 0.3 is 0 Å². The molecule has 0 fully saturated rings. The third-order valence-corrected chi connectivity index (χ3v) is 4.48. The van der Waals surface area contributed by atoms with E-state index in [0.717, 1.165) is 18.8 Å². The Hall–Kier alpha value is -1.52. The maximum atomic E-state index is 6.17. The lowest BCUT2D eigenvalue weighted by atomic mass is 9.92. The molecule has 25 heavy (non-hydrogen) atoms. The molecule has 1 rings (SSSR count). The minimum Gasteiger partial charge on any atom is -0.379 e. The van der Waals surface area contributed by atoms with E-state index < -0.39 is 0 Å². The van der Waals surface area contributed by atoms with Crippen molar-refractivity contribution in [2.45, 2.75) is 59.4 Å². The lowest BCUT2D eigenvalue weighted by Crippen LogP contribution is -2.36. The van der Waals surface area contributed by atoms with E-state index in [9.17, 15) is 0 Å². The van der Waals surface area contributed by atoms with Crippen LogP contribution in [-0.2, 0) is 0 Å². The normalized spacial score (nSPS) is 13.7. The number of hydrogen-bond acceptors (Lipinski definition) is 4. The number of anilines is 1. The molecule has 4 heteroatoms. The number of hydrazine groups is 1. The SMILES string of the molecule is C/C(=C/C(C)Nc1c(C(C)C)cccc1C(C)C)N(N)CCN(C)C. The maximum Gasteiger partial charge on any atom is 0.0465 e. The number of rotatable bonds is 9. The summed E-state index contributed by atoms with van der Waals surface area (Å²) in [4.78, 5) is 2.14. The van der Waals surface area contributed by atoms with Gasteiger partial charge in [-0.1, -0.05) is 45.9 Å². The van der Waals surface area contributed by atoms with E-state index in [0.29, 0.717) is 11.8 Å². The van der Waals surface area contributed by atoms with E-state index in [-0.39, 0.29) is 6.04 Å². The first-order valence-electron chi connectivity index (χ1n) is 9.38. The first kappa shape index (κ1) is 21.5. The first-order chi connectivity index (χ1) is 11.6. The number of allylic oxidation sites excluding steroid dienone is 1. The van der Waals surface area contributed by atoms with Crippen LogP contribution in [0.2, 0.25) is 0 Å². The van der Waals surface area contributed by atoms with Crippen LogP contribution in [0.25, 0.3) is 0 Å². The fraction of sp³-hybridized carbons (Fsp3) is 0.619. The molecule has 0 amide bonds. The molecular formula is C21H38N4. The van der Waals surface area contributed by atoms with Crippen molar-refractivity contribution in [2.24, 2.45) is 5.84 Å². The van der Waals surface area contributed by atoms with Crippen molar-refractivity contribution in [3.8, 4) is 0 Å². The minimum absolute atomic E-state index is 0.211. The Morgan fingerprint density at radius 1 is 1.04 bits per heavy atom. The summed E-state index contributed by atoms with van der Waals surface area (Å²) in [6, 6.07) is 6.84. The van der Waals surface area contributed by atoms with E-state index in [1.54, 1.807) is 0 Å². The highest BCUT2D eigenvalue weighted by molar-refractivity contribution is 5.61. The smallest absolute Gasteiger partial charge is 0.0465 e. The Bertz CT molecular complexity index is 535. The van der Waals surface area contributed by atoms with Gasteiger partial charge in [0.15, 0.2) is 0 Å². The number of nitrogens with one attached hydrogen (secondary N) is 1. The Kier molecular flexibility index (Phi) is 8.46. The molecular weight excluding hydrogens is 308 g/mol. The van der Waals surface area contributed by atoms with Gasteiger partial charge in [-0.15, -0.1) is 0 Å². The van der Waals surface area contributed by atoms with Crippen LogP contribution in [0.1, 0.15) is 64.5 Å².